The van der Waals surface area contributed by atoms with E-state index in [0.29, 0.717) is 29.2 Å². The highest BCUT2D eigenvalue weighted by Crippen LogP contribution is 2.30. The Hall–Kier alpha value is -4.59. The largest absolute Gasteiger partial charge is 0.493 e. The van der Waals surface area contributed by atoms with E-state index in [0.717, 1.165) is 48.9 Å². The van der Waals surface area contributed by atoms with Crippen LogP contribution in [-0.2, 0) is 11.2 Å². The number of aromatic nitrogens is 1. The maximum absolute atomic E-state index is 14.3. The molecule has 1 aromatic heterocycles. The van der Waals surface area contributed by atoms with E-state index >= 15 is 0 Å². The van der Waals surface area contributed by atoms with Gasteiger partial charge in [-0.15, -0.1) is 0 Å². The second-order valence-electron chi connectivity index (χ2n) is 10.9. The number of ether oxygens (including phenoxy) is 2. The van der Waals surface area contributed by atoms with Crippen molar-refractivity contribution in [1.29, 1.82) is 0 Å². The van der Waals surface area contributed by atoms with E-state index in [1.165, 1.54) is 12.1 Å². The Morgan fingerprint density at radius 3 is 2.33 bits per heavy atom. The van der Waals surface area contributed by atoms with Crippen molar-refractivity contribution in [3.05, 3.63) is 108 Å². The molecule has 0 spiro atoms. The third kappa shape index (κ3) is 7.25. The summed E-state index contributed by atoms with van der Waals surface area (Å²) in [6.45, 7) is 0.230. The molecule has 1 saturated carbocycles. The van der Waals surface area contributed by atoms with Gasteiger partial charge >= 0.3 is 0 Å². The monoisotopic (exact) mass is 583 g/mol. The van der Waals surface area contributed by atoms with Gasteiger partial charge in [-0.05, 0) is 72.4 Å². The van der Waals surface area contributed by atoms with Crippen LogP contribution in [0.15, 0.2) is 84.9 Å². The standard InChI is InChI=1S/C35H38FN3O4/c1-42-31-20-13-24(23-32(31)43-2)21-22-39(35(41)30-19-18-29(38-30)25-9-5-3-6-10-25)33(26-14-16-27(36)17-15-26)34(40)37-28-11-7-4-8-12-28/h3,5-6,9-10,13-20,23,28,33,38H,4,7-8,11-12,21-22H2,1-2H3,(H,37,40). The van der Waals surface area contributed by atoms with Crippen molar-refractivity contribution in [2.45, 2.75) is 50.6 Å². The normalized spacial score (nSPS) is 14.1. The summed E-state index contributed by atoms with van der Waals surface area (Å²) in [7, 11) is 3.16. The summed E-state index contributed by atoms with van der Waals surface area (Å²) in [6, 6.07) is 23.9. The fourth-order valence-corrected chi connectivity index (χ4v) is 5.74. The minimum Gasteiger partial charge on any atom is -0.493 e. The van der Waals surface area contributed by atoms with E-state index < -0.39 is 11.9 Å². The number of hydrogen-bond acceptors (Lipinski definition) is 4. The van der Waals surface area contributed by atoms with Gasteiger partial charge in [0.1, 0.15) is 17.6 Å². The molecule has 1 fully saturated rings. The Morgan fingerprint density at radius 2 is 1.63 bits per heavy atom. The first-order valence-corrected chi connectivity index (χ1v) is 14.8. The van der Waals surface area contributed by atoms with Crippen LogP contribution in [0, 0.1) is 5.82 Å². The molecule has 1 unspecified atom stereocenters. The number of amides is 2. The Balaban J connectivity index is 1.51. The van der Waals surface area contributed by atoms with Gasteiger partial charge in [-0.2, -0.15) is 0 Å². The van der Waals surface area contributed by atoms with Gasteiger partial charge < -0.3 is 24.7 Å². The summed E-state index contributed by atoms with van der Waals surface area (Å²) in [5.41, 5.74) is 3.57. The summed E-state index contributed by atoms with van der Waals surface area (Å²) < 4.78 is 24.9. The van der Waals surface area contributed by atoms with E-state index in [9.17, 15) is 14.0 Å². The average Bonchev–Trinajstić information content (AvgIpc) is 3.55. The smallest absolute Gasteiger partial charge is 0.271 e. The first kappa shape index (κ1) is 29.9. The van der Waals surface area contributed by atoms with Crippen LogP contribution in [0.1, 0.15) is 59.8 Å². The number of carbonyl (C=O) groups is 2. The lowest BCUT2D eigenvalue weighted by atomic mass is 9.94. The first-order chi connectivity index (χ1) is 21.0. The molecule has 4 aromatic rings. The van der Waals surface area contributed by atoms with E-state index in [-0.39, 0.29) is 24.4 Å². The Kier molecular flexibility index (Phi) is 9.77. The molecule has 8 heteroatoms. The van der Waals surface area contributed by atoms with Crippen molar-refractivity contribution in [3.63, 3.8) is 0 Å². The predicted octanol–water partition coefficient (Wildman–Crippen LogP) is 6.71. The van der Waals surface area contributed by atoms with Crippen LogP contribution < -0.4 is 14.8 Å². The Labute approximate surface area is 252 Å². The molecular weight excluding hydrogens is 545 g/mol. The second kappa shape index (κ2) is 14.1. The van der Waals surface area contributed by atoms with E-state index in [1.54, 1.807) is 37.3 Å². The van der Waals surface area contributed by atoms with Crippen LogP contribution in [-0.4, -0.2) is 48.5 Å². The second-order valence-corrected chi connectivity index (χ2v) is 10.9. The zero-order chi connectivity index (χ0) is 30.2. The molecule has 1 heterocycles. The number of carbonyl (C=O) groups excluding carboxylic acids is 2. The first-order valence-electron chi connectivity index (χ1n) is 14.8. The molecule has 2 amide bonds. The fourth-order valence-electron chi connectivity index (χ4n) is 5.74. The van der Waals surface area contributed by atoms with Crippen LogP contribution in [0.25, 0.3) is 11.3 Å². The fraction of sp³-hybridized carbons (Fsp3) is 0.314. The summed E-state index contributed by atoms with van der Waals surface area (Å²) in [6.07, 6.45) is 5.52. The van der Waals surface area contributed by atoms with Crippen LogP contribution in [0.3, 0.4) is 0 Å². The number of aromatic amines is 1. The molecule has 43 heavy (non-hydrogen) atoms. The average molecular weight is 584 g/mol. The van der Waals surface area contributed by atoms with E-state index in [4.69, 9.17) is 9.47 Å². The lowest BCUT2D eigenvalue weighted by molar-refractivity contribution is -0.126. The van der Waals surface area contributed by atoms with Crippen LogP contribution in [0.2, 0.25) is 0 Å². The van der Waals surface area contributed by atoms with E-state index in [2.05, 4.69) is 10.3 Å². The zero-order valence-corrected chi connectivity index (χ0v) is 24.6. The highest BCUT2D eigenvalue weighted by Gasteiger charge is 2.34. The van der Waals surface area contributed by atoms with Crippen LogP contribution in [0.5, 0.6) is 11.5 Å². The Bertz CT molecular complexity index is 1510. The maximum Gasteiger partial charge on any atom is 0.271 e. The summed E-state index contributed by atoms with van der Waals surface area (Å²) >= 11 is 0. The number of nitrogens with one attached hydrogen (secondary N) is 2. The number of benzene rings is 3. The summed E-state index contributed by atoms with van der Waals surface area (Å²) in [4.78, 5) is 33.2. The third-order valence-corrected chi connectivity index (χ3v) is 8.05. The van der Waals surface area contributed by atoms with Crippen molar-refractivity contribution in [3.8, 4) is 22.8 Å². The minimum absolute atomic E-state index is 0.0437. The number of rotatable bonds is 11. The SMILES string of the molecule is COc1ccc(CCN(C(=O)c2ccc(-c3ccccc3)[nH]2)C(C(=O)NC2CCCCC2)c2ccc(F)cc2)cc1OC. The molecule has 1 aliphatic rings. The highest BCUT2D eigenvalue weighted by molar-refractivity contribution is 5.97. The molecule has 0 saturated heterocycles. The lowest BCUT2D eigenvalue weighted by Gasteiger charge is -2.33. The van der Waals surface area contributed by atoms with Gasteiger partial charge in [0, 0.05) is 18.3 Å². The molecule has 224 valence electrons. The molecule has 0 bridgehead atoms. The molecule has 7 nitrogen and oxygen atoms in total. The molecule has 2 N–H and O–H groups in total. The van der Waals surface area contributed by atoms with Crippen molar-refractivity contribution in [2.24, 2.45) is 0 Å². The number of nitrogens with zero attached hydrogens (tertiary/aromatic N) is 1. The van der Waals surface area contributed by atoms with Gasteiger partial charge in [-0.25, -0.2) is 4.39 Å². The molecule has 3 aromatic carbocycles. The number of H-pyrrole nitrogens is 1. The molecule has 0 radical (unpaired) electrons. The van der Waals surface area contributed by atoms with Gasteiger partial charge in [-0.1, -0.05) is 67.8 Å². The Morgan fingerprint density at radius 1 is 0.907 bits per heavy atom. The third-order valence-electron chi connectivity index (χ3n) is 8.05. The van der Waals surface area contributed by atoms with Crippen molar-refractivity contribution >= 4 is 11.8 Å². The van der Waals surface area contributed by atoms with Gasteiger partial charge in [0.05, 0.1) is 14.2 Å². The molecule has 1 aliphatic carbocycles. The quantitative estimate of drug-likeness (QED) is 0.206. The molecule has 0 aliphatic heterocycles. The highest BCUT2D eigenvalue weighted by atomic mass is 19.1. The van der Waals surface area contributed by atoms with Gasteiger partial charge in [-0.3, -0.25) is 9.59 Å². The van der Waals surface area contributed by atoms with Crippen LogP contribution in [0.4, 0.5) is 4.39 Å². The van der Waals surface area contributed by atoms with Crippen molar-refractivity contribution in [2.75, 3.05) is 20.8 Å². The van der Waals surface area contributed by atoms with Crippen molar-refractivity contribution < 1.29 is 23.5 Å². The lowest BCUT2D eigenvalue weighted by Crippen LogP contribution is -2.47. The molecule has 1 atom stereocenters. The summed E-state index contributed by atoms with van der Waals surface area (Å²) in [5.74, 6) is 0.190. The molecule has 5 rings (SSSR count). The van der Waals surface area contributed by atoms with Gasteiger partial charge in [0.25, 0.3) is 5.91 Å². The number of methoxy groups -OCH3 is 2. The van der Waals surface area contributed by atoms with Crippen LogP contribution >= 0.6 is 0 Å². The molecular formula is C35H38FN3O4. The number of halogens is 1. The van der Waals surface area contributed by atoms with Gasteiger partial charge in [0.15, 0.2) is 11.5 Å². The predicted molar refractivity (Wildman–Crippen MR) is 165 cm³/mol. The summed E-state index contributed by atoms with van der Waals surface area (Å²) in [5, 5.41) is 3.21. The number of hydrogen-bond donors (Lipinski definition) is 2. The van der Waals surface area contributed by atoms with Crippen molar-refractivity contribution in [1.82, 2.24) is 15.2 Å². The van der Waals surface area contributed by atoms with Gasteiger partial charge in [0.2, 0.25) is 5.91 Å². The maximum atomic E-state index is 14.3. The minimum atomic E-state index is -0.960. The van der Waals surface area contributed by atoms with E-state index in [1.807, 2.05) is 54.6 Å². The topological polar surface area (TPSA) is 83.7 Å². The zero-order valence-electron chi connectivity index (χ0n) is 24.6.